The largest absolute Gasteiger partial charge is 0.495 e. The van der Waals surface area contributed by atoms with E-state index in [1.807, 2.05) is 0 Å². The SMILES string of the molecule is COc1ccc(S(=O)(=O)NC2CCCCC2)cc1NC(=O)c1ccccc1F. The molecule has 0 bridgehead atoms. The van der Waals surface area contributed by atoms with Crippen LogP contribution in [0, 0.1) is 5.82 Å². The normalized spacial score (nSPS) is 15.2. The van der Waals surface area contributed by atoms with Gasteiger partial charge in [-0.3, -0.25) is 4.79 Å². The smallest absolute Gasteiger partial charge is 0.258 e. The highest BCUT2D eigenvalue weighted by Gasteiger charge is 2.23. The minimum Gasteiger partial charge on any atom is -0.495 e. The zero-order valence-electron chi connectivity index (χ0n) is 15.6. The lowest BCUT2D eigenvalue weighted by molar-refractivity contribution is 0.102. The summed E-state index contributed by atoms with van der Waals surface area (Å²) in [6.45, 7) is 0. The second-order valence-corrected chi connectivity index (χ2v) is 8.47. The molecule has 3 rings (SSSR count). The van der Waals surface area contributed by atoms with E-state index in [1.165, 1.54) is 43.5 Å². The predicted octanol–water partition coefficient (Wildman–Crippen LogP) is 3.70. The lowest BCUT2D eigenvalue weighted by Crippen LogP contribution is -2.36. The summed E-state index contributed by atoms with van der Waals surface area (Å²) in [6, 6.07) is 9.68. The number of carbonyl (C=O) groups is 1. The average Bonchev–Trinajstić information content (AvgIpc) is 2.68. The molecule has 0 heterocycles. The highest BCUT2D eigenvalue weighted by Crippen LogP contribution is 2.29. The average molecular weight is 406 g/mol. The van der Waals surface area contributed by atoms with Gasteiger partial charge in [-0.25, -0.2) is 17.5 Å². The van der Waals surface area contributed by atoms with Crippen LogP contribution in [-0.2, 0) is 10.0 Å². The van der Waals surface area contributed by atoms with Crippen LogP contribution in [0.15, 0.2) is 47.4 Å². The Morgan fingerprint density at radius 2 is 1.82 bits per heavy atom. The summed E-state index contributed by atoms with van der Waals surface area (Å²) >= 11 is 0. The molecule has 1 saturated carbocycles. The van der Waals surface area contributed by atoms with Gasteiger partial charge in [-0.05, 0) is 43.2 Å². The summed E-state index contributed by atoms with van der Waals surface area (Å²) in [7, 11) is -2.34. The van der Waals surface area contributed by atoms with Crippen LogP contribution < -0.4 is 14.8 Å². The van der Waals surface area contributed by atoms with Crippen molar-refractivity contribution in [2.24, 2.45) is 0 Å². The molecule has 6 nitrogen and oxygen atoms in total. The number of hydrogen-bond acceptors (Lipinski definition) is 4. The highest BCUT2D eigenvalue weighted by atomic mass is 32.2. The molecule has 2 aromatic rings. The maximum atomic E-state index is 13.9. The minimum absolute atomic E-state index is 0.0164. The van der Waals surface area contributed by atoms with E-state index in [4.69, 9.17) is 4.74 Å². The first-order valence-electron chi connectivity index (χ1n) is 9.17. The zero-order chi connectivity index (χ0) is 20.1. The number of ether oxygens (including phenoxy) is 1. The molecule has 0 aromatic heterocycles. The quantitative estimate of drug-likeness (QED) is 0.766. The minimum atomic E-state index is -3.75. The van der Waals surface area contributed by atoms with Gasteiger partial charge < -0.3 is 10.1 Å². The van der Waals surface area contributed by atoms with Crippen molar-refractivity contribution in [3.8, 4) is 5.75 Å². The van der Waals surface area contributed by atoms with Gasteiger partial charge >= 0.3 is 0 Å². The molecule has 1 aliphatic rings. The van der Waals surface area contributed by atoms with Gasteiger partial charge in [0.1, 0.15) is 11.6 Å². The molecular formula is C20H23FN2O4S. The van der Waals surface area contributed by atoms with Crippen molar-refractivity contribution in [3.63, 3.8) is 0 Å². The molecule has 2 aromatic carbocycles. The van der Waals surface area contributed by atoms with Crippen molar-refractivity contribution >= 4 is 21.6 Å². The summed E-state index contributed by atoms with van der Waals surface area (Å²) in [5.41, 5.74) is 0.0143. The van der Waals surface area contributed by atoms with Gasteiger partial charge in [0.2, 0.25) is 10.0 Å². The van der Waals surface area contributed by atoms with E-state index < -0.39 is 21.7 Å². The Morgan fingerprint density at radius 3 is 2.50 bits per heavy atom. The standard InChI is InChI=1S/C20H23FN2O4S/c1-27-19-12-11-15(28(25,26)23-14-7-3-2-4-8-14)13-18(19)22-20(24)16-9-5-6-10-17(16)21/h5-6,9-14,23H,2-4,7-8H2,1H3,(H,22,24). The Labute approximate surface area is 164 Å². The van der Waals surface area contributed by atoms with E-state index in [-0.39, 0.29) is 27.9 Å². The van der Waals surface area contributed by atoms with Crippen LogP contribution in [-0.4, -0.2) is 27.5 Å². The fraction of sp³-hybridized carbons (Fsp3) is 0.350. The Balaban J connectivity index is 1.85. The summed E-state index contributed by atoms with van der Waals surface area (Å²) in [5, 5.41) is 2.54. The Bertz CT molecular complexity index is 956. The number of carbonyl (C=O) groups excluding carboxylic acids is 1. The number of methoxy groups -OCH3 is 1. The van der Waals surface area contributed by atoms with Crippen LogP contribution in [0.25, 0.3) is 0 Å². The van der Waals surface area contributed by atoms with Crippen LogP contribution in [0.5, 0.6) is 5.75 Å². The molecule has 8 heteroatoms. The number of anilines is 1. The van der Waals surface area contributed by atoms with Gasteiger partial charge in [0.25, 0.3) is 5.91 Å². The summed E-state index contributed by atoms with van der Waals surface area (Å²) in [6.07, 6.45) is 4.74. The van der Waals surface area contributed by atoms with E-state index in [0.717, 1.165) is 32.1 Å². The van der Waals surface area contributed by atoms with Crippen molar-refractivity contribution in [3.05, 3.63) is 53.8 Å². The molecule has 2 N–H and O–H groups in total. The molecule has 1 amide bonds. The van der Waals surface area contributed by atoms with Crippen molar-refractivity contribution in [1.82, 2.24) is 4.72 Å². The van der Waals surface area contributed by atoms with Crippen molar-refractivity contribution < 1.29 is 22.3 Å². The zero-order valence-corrected chi connectivity index (χ0v) is 16.4. The molecule has 1 aliphatic carbocycles. The van der Waals surface area contributed by atoms with Crippen LogP contribution in [0.4, 0.5) is 10.1 Å². The van der Waals surface area contributed by atoms with Gasteiger partial charge in [0.15, 0.2) is 0 Å². The second kappa shape index (κ2) is 8.70. The number of rotatable bonds is 6. The molecule has 150 valence electrons. The van der Waals surface area contributed by atoms with Gasteiger partial charge in [-0.2, -0.15) is 0 Å². The number of hydrogen-bond donors (Lipinski definition) is 2. The third-order valence-corrected chi connectivity index (χ3v) is 6.29. The fourth-order valence-corrected chi connectivity index (χ4v) is 4.63. The predicted molar refractivity (Wildman–Crippen MR) is 105 cm³/mol. The van der Waals surface area contributed by atoms with E-state index in [2.05, 4.69) is 10.0 Å². The van der Waals surface area contributed by atoms with Gasteiger partial charge in [0.05, 0.1) is 23.3 Å². The van der Waals surface area contributed by atoms with Gasteiger partial charge in [0, 0.05) is 6.04 Å². The van der Waals surface area contributed by atoms with Crippen molar-refractivity contribution in [2.75, 3.05) is 12.4 Å². The molecule has 0 aliphatic heterocycles. The Hall–Kier alpha value is -2.45. The number of sulfonamides is 1. The molecule has 0 atom stereocenters. The van der Waals surface area contributed by atoms with Crippen LogP contribution in [0.3, 0.4) is 0 Å². The summed E-state index contributed by atoms with van der Waals surface area (Å²) in [4.78, 5) is 12.4. The lowest BCUT2D eigenvalue weighted by atomic mass is 9.96. The van der Waals surface area contributed by atoms with Crippen LogP contribution >= 0.6 is 0 Å². The topological polar surface area (TPSA) is 84.5 Å². The highest BCUT2D eigenvalue weighted by molar-refractivity contribution is 7.89. The number of nitrogens with one attached hydrogen (secondary N) is 2. The molecular weight excluding hydrogens is 383 g/mol. The molecule has 0 unspecified atom stereocenters. The van der Waals surface area contributed by atoms with E-state index >= 15 is 0 Å². The summed E-state index contributed by atoms with van der Waals surface area (Å²) in [5.74, 6) is -1.07. The first-order valence-corrected chi connectivity index (χ1v) is 10.7. The number of amides is 1. The maximum absolute atomic E-state index is 13.9. The van der Waals surface area contributed by atoms with Crippen LogP contribution in [0.2, 0.25) is 0 Å². The fourth-order valence-electron chi connectivity index (χ4n) is 3.29. The van der Waals surface area contributed by atoms with E-state index in [0.29, 0.717) is 0 Å². The number of halogens is 1. The number of benzene rings is 2. The molecule has 28 heavy (non-hydrogen) atoms. The van der Waals surface area contributed by atoms with Gasteiger partial charge in [-0.15, -0.1) is 0 Å². The van der Waals surface area contributed by atoms with Gasteiger partial charge in [-0.1, -0.05) is 31.4 Å². The van der Waals surface area contributed by atoms with E-state index in [9.17, 15) is 17.6 Å². The third kappa shape index (κ3) is 4.69. The molecule has 0 saturated heterocycles. The summed E-state index contributed by atoms with van der Waals surface area (Å²) < 4.78 is 47.3. The monoisotopic (exact) mass is 406 g/mol. The van der Waals surface area contributed by atoms with Crippen LogP contribution in [0.1, 0.15) is 42.5 Å². The van der Waals surface area contributed by atoms with E-state index in [1.54, 1.807) is 6.07 Å². The maximum Gasteiger partial charge on any atom is 0.258 e. The Kier molecular flexibility index (Phi) is 6.31. The molecule has 0 radical (unpaired) electrons. The lowest BCUT2D eigenvalue weighted by Gasteiger charge is -2.23. The van der Waals surface area contributed by atoms with Crippen molar-refractivity contribution in [2.45, 2.75) is 43.0 Å². The molecule has 0 spiro atoms. The first kappa shape index (κ1) is 20.3. The Morgan fingerprint density at radius 1 is 1.11 bits per heavy atom. The van der Waals surface area contributed by atoms with Crippen molar-refractivity contribution in [1.29, 1.82) is 0 Å². The second-order valence-electron chi connectivity index (χ2n) is 6.75. The molecule has 1 fully saturated rings. The first-order chi connectivity index (χ1) is 13.4. The third-order valence-electron chi connectivity index (χ3n) is 4.77.